The Kier molecular flexibility index (Phi) is 11.7. The zero-order chi connectivity index (χ0) is 32.6. The van der Waals surface area contributed by atoms with Gasteiger partial charge in [-0.1, -0.05) is 51.1 Å². The molecule has 3 heterocycles. The summed E-state index contributed by atoms with van der Waals surface area (Å²) >= 11 is 0. The van der Waals surface area contributed by atoms with Gasteiger partial charge in [-0.05, 0) is 49.8 Å². The normalized spacial score (nSPS) is 20.0. The molecular formula is C33H45N5O7. The number of pyridine rings is 1. The van der Waals surface area contributed by atoms with Gasteiger partial charge in [0.25, 0.3) is 11.8 Å². The number of carbonyl (C=O) groups is 4. The van der Waals surface area contributed by atoms with E-state index in [0.717, 1.165) is 28.6 Å². The van der Waals surface area contributed by atoms with Crippen molar-refractivity contribution in [1.29, 1.82) is 0 Å². The third-order valence-electron chi connectivity index (χ3n) is 8.07. The minimum atomic E-state index is -1.30. The Bertz CT molecular complexity index is 1400. The molecule has 0 aliphatic carbocycles. The van der Waals surface area contributed by atoms with E-state index in [2.05, 4.69) is 23.0 Å². The van der Waals surface area contributed by atoms with Crippen molar-refractivity contribution in [1.82, 2.24) is 26.1 Å². The van der Waals surface area contributed by atoms with Crippen molar-refractivity contribution in [2.45, 2.75) is 65.1 Å². The summed E-state index contributed by atoms with van der Waals surface area (Å²) < 4.78 is 17.4. The summed E-state index contributed by atoms with van der Waals surface area (Å²) in [4.78, 5) is 57.2. The summed E-state index contributed by atoms with van der Waals surface area (Å²) in [5, 5.41) is 7.65. The molecule has 12 heteroatoms. The fourth-order valence-corrected chi connectivity index (χ4v) is 5.31. The Labute approximate surface area is 264 Å². The first-order valence-corrected chi connectivity index (χ1v) is 15.6. The molecule has 2 fully saturated rings. The summed E-state index contributed by atoms with van der Waals surface area (Å²) in [5.74, 6) is -2.26. The van der Waals surface area contributed by atoms with Gasteiger partial charge in [0.2, 0.25) is 5.91 Å². The van der Waals surface area contributed by atoms with Gasteiger partial charge in [0, 0.05) is 24.7 Å². The summed E-state index contributed by atoms with van der Waals surface area (Å²) in [7, 11) is 1.54. The Hall–Kier alpha value is -3.87. The van der Waals surface area contributed by atoms with E-state index in [-0.39, 0.29) is 19.1 Å². The molecule has 1 aromatic heterocycles. The number of hydrogen-bond acceptors (Lipinski definition) is 9. The number of ether oxygens (including phenoxy) is 3. The average molecular weight is 624 g/mol. The molecule has 3 N–H and O–H groups in total. The number of benzene rings is 1. The quantitative estimate of drug-likeness (QED) is 0.339. The molecule has 0 spiro atoms. The molecular weight excluding hydrogens is 578 g/mol. The highest BCUT2D eigenvalue weighted by Crippen LogP contribution is 2.28. The van der Waals surface area contributed by atoms with Crippen LogP contribution in [-0.4, -0.2) is 91.9 Å². The first-order valence-electron chi connectivity index (χ1n) is 15.6. The molecule has 244 valence electrons. The van der Waals surface area contributed by atoms with E-state index >= 15 is 0 Å². The van der Waals surface area contributed by atoms with Crippen molar-refractivity contribution in [3.8, 4) is 0 Å². The zero-order valence-corrected chi connectivity index (χ0v) is 26.8. The molecule has 0 bridgehead atoms. The lowest BCUT2D eigenvalue weighted by Crippen LogP contribution is -2.61. The van der Waals surface area contributed by atoms with Gasteiger partial charge in [-0.15, -0.1) is 0 Å². The molecule has 2 aliphatic heterocycles. The number of fused-ring (bicyclic) bond motifs is 1. The predicted octanol–water partition coefficient (Wildman–Crippen LogP) is 2.16. The maximum Gasteiger partial charge on any atom is 0.321 e. The number of nitrogens with one attached hydrogen (secondary N) is 3. The van der Waals surface area contributed by atoms with Crippen LogP contribution in [0.3, 0.4) is 0 Å². The molecule has 0 radical (unpaired) electrons. The van der Waals surface area contributed by atoms with Crippen LogP contribution in [-0.2, 0) is 39.8 Å². The van der Waals surface area contributed by atoms with Crippen LogP contribution in [0, 0.1) is 11.3 Å². The van der Waals surface area contributed by atoms with Crippen LogP contribution in [0.5, 0.6) is 0 Å². The molecule has 2 aromatic rings. The monoisotopic (exact) mass is 623 g/mol. The number of amides is 3. The molecule has 12 nitrogen and oxygen atoms in total. The van der Waals surface area contributed by atoms with Crippen LogP contribution in [0.2, 0.25) is 0 Å². The number of rotatable bonds is 10. The lowest BCUT2D eigenvalue weighted by atomic mass is 9.88. The molecule has 3 amide bonds. The minimum absolute atomic E-state index is 0.0165. The average Bonchev–Trinajstić information content (AvgIpc) is 3.31. The summed E-state index contributed by atoms with van der Waals surface area (Å²) in [6, 6.07) is 8.46. The molecule has 3 atom stereocenters. The highest BCUT2D eigenvalue weighted by atomic mass is 16.6. The number of hydrogen-bond donors (Lipinski definition) is 3. The van der Waals surface area contributed by atoms with Gasteiger partial charge in [-0.2, -0.15) is 0 Å². The van der Waals surface area contributed by atoms with Crippen molar-refractivity contribution in [2.24, 2.45) is 11.3 Å². The second-order valence-corrected chi connectivity index (χ2v) is 11.9. The van der Waals surface area contributed by atoms with Gasteiger partial charge in [-0.3, -0.25) is 29.2 Å². The number of hydrazine groups is 1. The Morgan fingerprint density at radius 3 is 2.51 bits per heavy atom. The molecule has 2 saturated heterocycles. The molecule has 0 saturated carbocycles. The summed E-state index contributed by atoms with van der Waals surface area (Å²) in [6.07, 6.45) is 4.42. The number of aromatic nitrogens is 1. The summed E-state index contributed by atoms with van der Waals surface area (Å²) in [5.41, 5.74) is 4.32. The van der Waals surface area contributed by atoms with E-state index in [9.17, 15) is 19.2 Å². The SMILES string of the molecule is CCc1ccc2ccc(/C=C/C3(C(=O)OC(C(=O)N[C@@H](C)C(=O)N4CCC[C@@H](C(=O)NC)N4)C(C)C)COCCOC3)cc2n1. The van der Waals surface area contributed by atoms with Gasteiger partial charge >= 0.3 is 5.97 Å². The van der Waals surface area contributed by atoms with Crippen molar-refractivity contribution in [3.63, 3.8) is 0 Å². The maximum atomic E-state index is 13.9. The van der Waals surface area contributed by atoms with Gasteiger partial charge in [0.15, 0.2) is 6.10 Å². The Morgan fingerprint density at radius 1 is 1.13 bits per heavy atom. The van der Waals surface area contributed by atoms with Crippen molar-refractivity contribution < 1.29 is 33.4 Å². The smallest absolute Gasteiger partial charge is 0.321 e. The summed E-state index contributed by atoms with van der Waals surface area (Å²) in [6.45, 7) is 8.21. The predicted molar refractivity (Wildman–Crippen MR) is 168 cm³/mol. The number of carbonyl (C=O) groups excluding carboxylic acids is 4. The second kappa shape index (κ2) is 15.4. The van der Waals surface area contributed by atoms with E-state index < -0.39 is 47.3 Å². The van der Waals surface area contributed by atoms with Gasteiger partial charge in [0.1, 0.15) is 17.5 Å². The second-order valence-electron chi connectivity index (χ2n) is 11.9. The first-order chi connectivity index (χ1) is 21.6. The van der Waals surface area contributed by atoms with Crippen molar-refractivity contribution >= 4 is 40.7 Å². The van der Waals surface area contributed by atoms with Gasteiger partial charge < -0.3 is 24.8 Å². The van der Waals surface area contributed by atoms with Crippen LogP contribution >= 0.6 is 0 Å². The first kappa shape index (κ1) is 34.0. The van der Waals surface area contributed by atoms with E-state index in [4.69, 9.17) is 19.2 Å². The lowest BCUT2D eigenvalue weighted by Gasteiger charge is -2.35. The minimum Gasteiger partial charge on any atom is -0.451 e. The van der Waals surface area contributed by atoms with E-state index in [1.165, 1.54) is 12.1 Å². The van der Waals surface area contributed by atoms with Crippen LogP contribution in [0.25, 0.3) is 17.0 Å². The maximum absolute atomic E-state index is 13.9. The highest BCUT2D eigenvalue weighted by Gasteiger charge is 2.43. The fraction of sp³-hybridized carbons (Fsp3) is 0.545. The Morgan fingerprint density at radius 2 is 1.84 bits per heavy atom. The number of nitrogens with zero attached hydrogens (tertiary/aromatic N) is 2. The van der Waals surface area contributed by atoms with E-state index in [1.54, 1.807) is 26.8 Å². The number of aryl methyl sites for hydroxylation is 1. The number of esters is 1. The molecule has 1 aromatic carbocycles. The largest absolute Gasteiger partial charge is 0.451 e. The third kappa shape index (κ3) is 8.44. The van der Waals surface area contributed by atoms with Crippen LogP contribution in [0.15, 0.2) is 36.4 Å². The molecule has 45 heavy (non-hydrogen) atoms. The fourth-order valence-electron chi connectivity index (χ4n) is 5.31. The third-order valence-corrected chi connectivity index (χ3v) is 8.07. The van der Waals surface area contributed by atoms with Gasteiger partial charge in [-0.25, -0.2) is 5.43 Å². The molecule has 4 rings (SSSR count). The van der Waals surface area contributed by atoms with Gasteiger partial charge in [0.05, 0.1) is 31.9 Å². The Balaban J connectivity index is 1.48. The van der Waals surface area contributed by atoms with Crippen LogP contribution in [0.4, 0.5) is 0 Å². The lowest BCUT2D eigenvalue weighted by molar-refractivity contribution is -0.170. The molecule has 1 unspecified atom stereocenters. The van der Waals surface area contributed by atoms with E-state index in [0.29, 0.717) is 32.6 Å². The van der Waals surface area contributed by atoms with Crippen molar-refractivity contribution in [2.75, 3.05) is 40.0 Å². The van der Waals surface area contributed by atoms with Crippen LogP contribution in [0.1, 0.15) is 51.8 Å². The van der Waals surface area contributed by atoms with E-state index in [1.807, 2.05) is 36.4 Å². The van der Waals surface area contributed by atoms with Crippen LogP contribution < -0.4 is 16.1 Å². The topological polar surface area (TPSA) is 148 Å². The number of likely N-dealkylation sites (N-methyl/N-ethyl adjacent to an activating group) is 1. The molecule has 2 aliphatic rings. The highest BCUT2D eigenvalue weighted by molar-refractivity contribution is 5.91. The van der Waals surface area contributed by atoms with Crippen molar-refractivity contribution in [3.05, 3.63) is 47.7 Å². The zero-order valence-electron chi connectivity index (χ0n) is 26.8. The standard InChI is InChI=1S/C33H45N5O7/c1-6-25-12-11-24-10-9-23(18-27(24)36-25)13-14-33(19-43-16-17-44-20-33)32(42)45-28(21(2)3)30(40)35-22(4)31(41)38-15-7-8-26(37-38)29(39)34-5/h9-14,18,21-22,26,28,37H,6-8,15-17,19-20H2,1-5H3,(H,34,39)(H,35,40)/b14-13+/t22-,26-,28?/m0/s1.